The quantitative estimate of drug-likeness (QED) is 0.648. The number of fused-ring (bicyclic) bond motifs is 3. The van der Waals surface area contributed by atoms with Crippen molar-refractivity contribution in [1.29, 1.82) is 0 Å². The average Bonchev–Trinajstić information content (AvgIpc) is 3.07. The molecule has 3 aromatic rings. The molecular weight excluding hydrogens is 284 g/mol. The summed E-state index contributed by atoms with van der Waals surface area (Å²) >= 11 is 0. The minimum atomic E-state index is -0.350. The Morgan fingerprint density at radius 3 is 3.09 bits per heavy atom. The number of amides is 1. The van der Waals surface area contributed by atoms with Gasteiger partial charge in [0.05, 0.1) is 24.9 Å². The summed E-state index contributed by atoms with van der Waals surface area (Å²) < 4.78 is 7.42. The number of carbonyl (C=O) groups excluding carboxylic acids is 1. The van der Waals surface area contributed by atoms with Crippen LogP contribution in [0.2, 0.25) is 0 Å². The maximum Gasteiger partial charge on any atom is 0.287 e. The summed E-state index contributed by atoms with van der Waals surface area (Å²) in [6, 6.07) is 5.39. The molecule has 0 fully saturated rings. The lowest BCUT2D eigenvalue weighted by Crippen LogP contribution is -2.25. The summed E-state index contributed by atoms with van der Waals surface area (Å²) in [7, 11) is 0. The lowest BCUT2D eigenvalue weighted by atomic mass is 10.2. The van der Waals surface area contributed by atoms with Crippen LogP contribution in [0.15, 0.2) is 28.8 Å². The molecule has 0 saturated heterocycles. The van der Waals surface area contributed by atoms with Crippen LogP contribution in [0.25, 0.3) is 21.9 Å². The highest BCUT2D eigenvalue weighted by molar-refractivity contribution is 6.06. The predicted molar refractivity (Wildman–Crippen MR) is 82.6 cm³/mol. The van der Waals surface area contributed by atoms with E-state index in [1.54, 1.807) is 12.3 Å². The van der Waals surface area contributed by atoms with Gasteiger partial charge in [-0.05, 0) is 25.1 Å². The number of hydrogen-bond donors (Lipinski definition) is 3. The van der Waals surface area contributed by atoms with Crippen molar-refractivity contribution in [2.24, 2.45) is 5.73 Å². The molecule has 0 radical (unpaired) electrons. The molecule has 1 aromatic carbocycles. The second-order valence-corrected chi connectivity index (χ2v) is 5.31. The van der Waals surface area contributed by atoms with E-state index in [1.807, 2.05) is 23.7 Å². The molecule has 116 valence electrons. The lowest BCUT2D eigenvalue weighted by Gasteiger charge is -2.06. The van der Waals surface area contributed by atoms with Gasteiger partial charge in [0.25, 0.3) is 5.91 Å². The van der Waals surface area contributed by atoms with Crippen LogP contribution < -0.4 is 11.1 Å². The molecule has 0 saturated carbocycles. The van der Waals surface area contributed by atoms with Gasteiger partial charge < -0.3 is 20.6 Å². The number of carbonyl (C=O) groups is 1. The molecule has 0 aliphatic carbocycles. The van der Waals surface area contributed by atoms with Crippen LogP contribution in [-0.4, -0.2) is 40.0 Å². The van der Waals surface area contributed by atoms with Crippen molar-refractivity contribution < 1.29 is 14.3 Å². The van der Waals surface area contributed by atoms with E-state index in [0.29, 0.717) is 12.1 Å². The summed E-state index contributed by atoms with van der Waals surface area (Å²) in [6.45, 7) is 2.57. The predicted octanol–water partition coefficient (Wildman–Crippen LogP) is 0.852. The molecule has 1 atom stereocenters. The molecule has 0 aliphatic rings. The van der Waals surface area contributed by atoms with E-state index in [4.69, 9.17) is 15.3 Å². The van der Waals surface area contributed by atoms with Gasteiger partial charge in [-0.2, -0.15) is 5.10 Å². The van der Waals surface area contributed by atoms with Crippen LogP contribution in [0.4, 0.5) is 0 Å². The number of aliphatic hydroxyl groups is 1. The van der Waals surface area contributed by atoms with Crippen molar-refractivity contribution in [3.05, 3.63) is 30.2 Å². The summed E-state index contributed by atoms with van der Waals surface area (Å²) in [5.41, 5.74) is 7.38. The molecule has 0 unspecified atom stereocenters. The van der Waals surface area contributed by atoms with Gasteiger partial charge in [-0.15, -0.1) is 0 Å². The first-order valence-corrected chi connectivity index (χ1v) is 7.13. The normalized spacial score (nSPS) is 12.9. The van der Waals surface area contributed by atoms with Gasteiger partial charge in [0, 0.05) is 23.4 Å². The third-order valence-electron chi connectivity index (χ3n) is 3.38. The van der Waals surface area contributed by atoms with E-state index in [0.717, 1.165) is 16.3 Å². The highest BCUT2D eigenvalue weighted by Crippen LogP contribution is 2.28. The molecule has 1 amide bonds. The Kier molecular flexibility index (Phi) is 3.82. The van der Waals surface area contributed by atoms with Crippen molar-refractivity contribution >= 4 is 27.8 Å². The highest BCUT2D eigenvalue weighted by atomic mass is 16.3. The molecule has 3 rings (SSSR count). The monoisotopic (exact) mass is 302 g/mol. The Hall–Kier alpha value is -2.38. The highest BCUT2D eigenvalue weighted by Gasteiger charge is 2.16. The van der Waals surface area contributed by atoms with Crippen LogP contribution in [0, 0.1) is 0 Å². The Morgan fingerprint density at radius 2 is 2.36 bits per heavy atom. The number of aliphatic hydroxyl groups excluding tert-OH is 1. The third kappa shape index (κ3) is 2.56. The lowest BCUT2D eigenvalue weighted by molar-refractivity contribution is 0.0919. The fourth-order valence-corrected chi connectivity index (χ4v) is 2.48. The number of nitrogens with one attached hydrogen (secondary N) is 1. The van der Waals surface area contributed by atoms with Crippen LogP contribution in [-0.2, 0) is 6.54 Å². The molecule has 2 aromatic heterocycles. The molecule has 22 heavy (non-hydrogen) atoms. The smallest absolute Gasteiger partial charge is 0.287 e. The zero-order chi connectivity index (χ0) is 15.7. The van der Waals surface area contributed by atoms with E-state index in [2.05, 4.69) is 10.4 Å². The largest absolute Gasteiger partial charge is 0.451 e. The second kappa shape index (κ2) is 5.78. The van der Waals surface area contributed by atoms with Gasteiger partial charge in [-0.3, -0.25) is 9.48 Å². The van der Waals surface area contributed by atoms with E-state index in [1.165, 1.54) is 0 Å². The van der Waals surface area contributed by atoms with Crippen LogP contribution in [0.5, 0.6) is 0 Å². The fraction of sp³-hybridized carbons (Fsp3) is 0.333. The van der Waals surface area contributed by atoms with E-state index >= 15 is 0 Å². The number of aromatic nitrogens is 2. The zero-order valence-corrected chi connectivity index (χ0v) is 12.2. The van der Waals surface area contributed by atoms with Gasteiger partial charge in [-0.1, -0.05) is 0 Å². The van der Waals surface area contributed by atoms with Gasteiger partial charge in [0.2, 0.25) is 0 Å². The van der Waals surface area contributed by atoms with Crippen molar-refractivity contribution in [3.8, 4) is 0 Å². The van der Waals surface area contributed by atoms with Crippen LogP contribution in [0.3, 0.4) is 0 Å². The Balaban J connectivity index is 2.08. The van der Waals surface area contributed by atoms with Crippen molar-refractivity contribution in [2.75, 3.05) is 13.2 Å². The second-order valence-electron chi connectivity index (χ2n) is 5.31. The summed E-state index contributed by atoms with van der Waals surface area (Å²) in [6.07, 6.45) is 1.77. The first kappa shape index (κ1) is 14.6. The summed E-state index contributed by atoms with van der Waals surface area (Å²) in [5, 5.41) is 17.5. The maximum absolute atomic E-state index is 12.0. The molecule has 0 spiro atoms. The fourth-order valence-electron chi connectivity index (χ4n) is 2.48. The van der Waals surface area contributed by atoms with E-state index in [9.17, 15) is 4.79 Å². The molecule has 4 N–H and O–H groups in total. The molecular formula is C15H18N4O3. The van der Waals surface area contributed by atoms with Gasteiger partial charge in [0.15, 0.2) is 5.76 Å². The van der Waals surface area contributed by atoms with E-state index < -0.39 is 0 Å². The molecule has 2 heterocycles. The summed E-state index contributed by atoms with van der Waals surface area (Å²) in [5.74, 6) is -0.138. The van der Waals surface area contributed by atoms with Gasteiger partial charge in [0.1, 0.15) is 5.58 Å². The topological polar surface area (TPSA) is 106 Å². The number of rotatable bonds is 5. The number of benzene rings is 1. The Bertz CT molecular complexity index is 819. The third-order valence-corrected chi connectivity index (χ3v) is 3.38. The average molecular weight is 302 g/mol. The van der Waals surface area contributed by atoms with E-state index in [-0.39, 0.29) is 30.9 Å². The molecule has 7 nitrogen and oxygen atoms in total. The Labute approximate surface area is 126 Å². The number of hydrogen-bond acceptors (Lipinski definition) is 5. The first-order valence-electron chi connectivity index (χ1n) is 7.13. The molecule has 7 heteroatoms. The molecule has 0 aliphatic heterocycles. The standard InChI is InChI=1S/C15H18N4O3/c1-9(16)8-19-14-10(7-18-19)2-3-12-11(14)6-13(22-12)15(21)17-4-5-20/h2-3,6-7,9,20H,4-5,8,16H2,1H3,(H,17,21)/t9-/m0/s1. The number of furan rings is 1. The van der Waals surface area contributed by atoms with Crippen molar-refractivity contribution in [3.63, 3.8) is 0 Å². The van der Waals surface area contributed by atoms with Crippen molar-refractivity contribution in [2.45, 2.75) is 19.5 Å². The molecule has 0 bridgehead atoms. The minimum Gasteiger partial charge on any atom is -0.451 e. The number of nitrogens with two attached hydrogens (primary N) is 1. The van der Waals surface area contributed by atoms with Crippen LogP contribution >= 0.6 is 0 Å². The van der Waals surface area contributed by atoms with Gasteiger partial charge >= 0.3 is 0 Å². The first-order chi connectivity index (χ1) is 10.6. The van der Waals surface area contributed by atoms with Gasteiger partial charge in [-0.25, -0.2) is 0 Å². The maximum atomic E-state index is 12.0. The van der Waals surface area contributed by atoms with Crippen molar-refractivity contribution in [1.82, 2.24) is 15.1 Å². The minimum absolute atomic E-state index is 0.0300. The summed E-state index contributed by atoms with van der Waals surface area (Å²) in [4.78, 5) is 12.0. The SMILES string of the molecule is C[C@H](N)Cn1ncc2ccc3oc(C(=O)NCCO)cc3c21. The van der Waals surface area contributed by atoms with Crippen LogP contribution in [0.1, 0.15) is 17.5 Å². The number of nitrogens with zero attached hydrogens (tertiary/aromatic N) is 2. The zero-order valence-electron chi connectivity index (χ0n) is 12.2. The Morgan fingerprint density at radius 1 is 1.55 bits per heavy atom.